The average Bonchev–Trinajstić information content (AvgIpc) is 3.45. The van der Waals surface area contributed by atoms with Crippen LogP contribution in [-0.2, 0) is 16.1 Å². The van der Waals surface area contributed by atoms with E-state index in [1.165, 1.54) is 24.3 Å². The molecule has 0 spiro atoms. The van der Waals surface area contributed by atoms with Gasteiger partial charge in [0.25, 0.3) is 5.91 Å². The minimum atomic E-state index is -0.768. The molecule has 0 fully saturated rings. The van der Waals surface area contributed by atoms with Crippen LogP contribution in [0.1, 0.15) is 33.3 Å². The van der Waals surface area contributed by atoms with Crippen LogP contribution in [0.4, 0.5) is 0 Å². The molecule has 1 aliphatic rings. The van der Waals surface area contributed by atoms with Crippen molar-refractivity contribution in [3.8, 4) is 5.75 Å². The molecule has 33 heavy (non-hydrogen) atoms. The Morgan fingerprint density at radius 2 is 1.85 bits per heavy atom. The number of benzene rings is 2. The number of hydrogen-bond acceptors (Lipinski definition) is 6. The van der Waals surface area contributed by atoms with Gasteiger partial charge in [0.05, 0.1) is 24.5 Å². The van der Waals surface area contributed by atoms with Gasteiger partial charge in [-0.25, -0.2) is 0 Å². The van der Waals surface area contributed by atoms with Gasteiger partial charge in [-0.3, -0.25) is 9.59 Å². The molecule has 2 heterocycles. The van der Waals surface area contributed by atoms with Crippen molar-refractivity contribution in [1.29, 1.82) is 0 Å². The second kappa shape index (κ2) is 9.75. The van der Waals surface area contributed by atoms with Crippen molar-refractivity contribution >= 4 is 11.7 Å². The Morgan fingerprint density at radius 1 is 1.09 bits per heavy atom. The Labute approximate surface area is 191 Å². The predicted octanol–water partition coefficient (Wildman–Crippen LogP) is 4.39. The summed E-state index contributed by atoms with van der Waals surface area (Å²) < 4.78 is 16.3. The molecule has 7 heteroatoms. The second-order valence-corrected chi connectivity index (χ2v) is 7.75. The first-order valence-corrected chi connectivity index (χ1v) is 10.6. The average molecular weight is 447 g/mol. The van der Waals surface area contributed by atoms with Gasteiger partial charge in [0.2, 0.25) is 5.78 Å². The largest absolute Gasteiger partial charge is 0.503 e. The first kappa shape index (κ1) is 22.4. The molecule has 3 aromatic rings. The third kappa shape index (κ3) is 4.54. The number of carbonyl (C=O) groups is 2. The number of furan rings is 1. The maximum Gasteiger partial charge on any atom is 0.290 e. The summed E-state index contributed by atoms with van der Waals surface area (Å²) in [6, 6.07) is 17.5. The zero-order chi connectivity index (χ0) is 23.4. The summed E-state index contributed by atoms with van der Waals surface area (Å²) in [5.41, 5.74) is 2.89. The molecule has 1 aliphatic heterocycles. The highest BCUT2D eigenvalue weighted by atomic mass is 16.5. The summed E-state index contributed by atoms with van der Waals surface area (Å²) in [5.74, 6) is -1.01. The molecule has 0 aliphatic carbocycles. The number of ketones is 1. The first-order valence-electron chi connectivity index (χ1n) is 10.6. The lowest BCUT2D eigenvalue weighted by atomic mass is 9.95. The molecule has 7 nitrogen and oxygen atoms in total. The number of carbonyl (C=O) groups excluding carboxylic acids is 2. The molecule has 1 N–H and O–H groups in total. The third-order valence-corrected chi connectivity index (χ3v) is 5.68. The molecular weight excluding hydrogens is 422 g/mol. The molecule has 0 bridgehead atoms. The van der Waals surface area contributed by atoms with Crippen LogP contribution < -0.4 is 4.74 Å². The third-order valence-electron chi connectivity index (χ3n) is 5.68. The number of Topliss-reactive ketones (excluding diaryl/α,β-unsaturated/α-hetero) is 1. The van der Waals surface area contributed by atoms with Crippen LogP contribution in [0.5, 0.6) is 5.75 Å². The second-order valence-electron chi connectivity index (χ2n) is 7.75. The van der Waals surface area contributed by atoms with Crippen LogP contribution in [0, 0.1) is 6.92 Å². The molecule has 1 amide bonds. The van der Waals surface area contributed by atoms with Gasteiger partial charge in [-0.05, 0) is 47.9 Å². The quantitative estimate of drug-likeness (QED) is 0.490. The summed E-state index contributed by atoms with van der Waals surface area (Å²) in [6.07, 6.45) is 1.37. The Kier molecular flexibility index (Phi) is 6.60. The molecule has 0 saturated heterocycles. The van der Waals surface area contributed by atoms with E-state index in [1.54, 1.807) is 30.3 Å². The minimum Gasteiger partial charge on any atom is -0.503 e. The van der Waals surface area contributed by atoms with Crippen molar-refractivity contribution in [3.63, 3.8) is 0 Å². The summed E-state index contributed by atoms with van der Waals surface area (Å²) in [5, 5.41) is 10.6. The fourth-order valence-corrected chi connectivity index (χ4v) is 3.87. The number of aliphatic hydroxyl groups excluding tert-OH is 1. The number of amides is 1. The number of methoxy groups -OCH3 is 1. The standard InChI is InChI=1S/C26H25NO6/c1-17-6-3-4-7-19(17)16-33-20-11-9-18(10-12-20)23-22(24(28)21-8-5-14-32-21)25(29)26(30)27(23)13-15-31-2/h3-12,14,23,29H,13,15-16H2,1-2H3. The van der Waals surface area contributed by atoms with Gasteiger partial charge in [-0.15, -0.1) is 0 Å². The van der Waals surface area contributed by atoms with Crippen molar-refractivity contribution < 1.29 is 28.6 Å². The normalized spacial score (nSPS) is 15.9. The van der Waals surface area contributed by atoms with Crippen LogP contribution in [0.2, 0.25) is 0 Å². The number of ether oxygens (including phenoxy) is 2. The van der Waals surface area contributed by atoms with Gasteiger partial charge >= 0.3 is 0 Å². The molecule has 1 aromatic heterocycles. The number of rotatable bonds is 9. The molecule has 1 atom stereocenters. The van der Waals surface area contributed by atoms with E-state index in [9.17, 15) is 14.7 Å². The number of hydrogen-bond donors (Lipinski definition) is 1. The predicted molar refractivity (Wildman–Crippen MR) is 121 cm³/mol. The van der Waals surface area contributed by atoms with E-state index in [2.05, 4.69) is 0 Å². The van der Waals surface area contributed by atoms with Gasteiger partial charge in [0.15, 0.2) is 11.5 Å². The van der Waals surface area contributed by atoms with Crippen molar-refractivity contribution in [2.24, 2.45) is 0 Å². The van der Waals surface area contributed by atoms with Crippen molar-refractivity contribution in [2.45, 2.75) is 19.6 Å². The fourth-order valence-electron chi connectivity index (χ4n) is 3.87. The zero-order valence-corrected chi connectivity index (χ0v) is 18.5. The molecule has 1 unspecified atom stereocenters. The van der Waals surface area contributed by atoms with Crippen molar-refractivity contribution in [3.05, 3.63) is 101 Å². The maximum absolute atomic E-state index is 13.1. The highest BCUT2D eigenvalue weighted by Gasteiger charge is 2.44. The van der Waals surface area contributed by atoms with Crippen LogP contribution in [-0.4, -0.2) is 42.0 Å². The smallest absolute Gasteiger partial charge is 0.290 e. The van der Waals surface area contributed by atoms with E-state index in [1.807, 2.05) is 31.2 Å². The van der Waals surface area contributed by atoms with Gasteiger partial charge in [-0.2, -0.15) is 0 Å². The molecule has 0 saturated carbocycles. The minimum absolute atomic E-state index is 0.0142. The van der Waals surface area contributed by atoms with Crippen LogP contribution >= 0.6 is 0 Å². The number of aryl methyl sites for hydroxylation is 1. The lowest BCUT2D eigenvalue weighted by molar-refractivity contribution is -0.130. The Balaban J connectivity index is 1.61. The van der Waals surface area contributed by atoms with Crippen molar-refractivity contribution in [2.75, 3.05) is 20.3 Å². The first-order chi connectivity index (χ1) is 16.0. The zero-order valence-electron chi connectivity index (χ0n) is 18.5. The summed E-state index contributed by atoms with van der Waals surface area (Å²) >= 11 is 0. The van der Waals surface area contributed by atoms with Gasteiger partial charge in [0, 0.05) is 13.7 Å². The Bertz CT molecular complexity index is 1160. The Hall–Kier alpha value is -3.84. The Morgan fingerprint density at radius 3 is 2.52 bits per heavy atom. The van der Waals surface area contributed by atoms with Crippen LogP contribution in [0.15, 0.2) is 82.7 Å². The molecule has 0 radical (unpaired) electrons. The highest BCUT2D eigenvalue weighted by molar-refractivity contribution is 6.15. The van der Waals surface area contributed by atoms with E-state index in [0.717, 1.165) is 11.1 Å². The van der Waals surface area contributed by atoms with E-state index >= 15 is 0 Å². The maximum atomic E-state index is 13.1. The molecule has 2 aromatic carbocycles. The van der Waals surface area contributed by atoms with Gasteiger partial charge < -0.3 is 23.9 Å². The molecule has 4 rings (SSSR count). The van der Waals surface area contributed by atoms with Crippen LogP contribution in [0.3, 0.4) is 0 Å². The van der Waals surface area contributed by atoms with E-state index in [-0.39, 0.29) is 24.5 Å². The SMILES string of the molecule is COCCN1C(=O)C(O)=C(C(=O)c2ccco2)C1c1ccc(OCc2ccccc2C)cc1. The number of nitrogens with zero attached hydrogens (tertiary/aromatic N) is 1. The van der Waals surface area contributed by atoms with E-state index < -0.39 is 23.5 Å². The number of aliphatic hydroxyl groups is 1. The van der Waals surface area contributed by atoms with Crippen molar-refractivity contribution in [1.82, 2.24) is 4.90 Å². The lowest BCUT2D eigenvalue weighted by Gasteiger charge is -2.26. The topological polar surface area (TPSA) is 89.2 Å². The van der Waals surface area contributed by atoms with Gasteiger partial charge in [0.1, 0.15) is 12.4 Å². The lowest BCUT2D eigenvalue weighted by Crippen LogP contribution is -2.33. The van der Waals surface area contributed by atoms with Gasteiger partial charge in [-0.1, -0.05) is 36.4 Å². The highest BCUT2D eigenvalue weighted by Crippen LogP contribution is 2.39. The summed E-state index contributed by atoms with van der Waals surface area (Å²) in [6.45, 7) is 2.93. The van der Waals surface area contributed by atoms with E-state index in [4.69, 9.17) is 13.9 Å². The summed E-state index contributed by atoms with van der Waals surface area (Å²) in [4.78, 5) is 27.3. The summed E-state index contributed by atoms with van der Waals surface area (Å²) in [7, 11) is 1.53. The molecule has 170 valence electrons. The fraction of sp³-hybridized carbons (Fsp3) is 0.231. The van der Waals surface area contributed by atoms with E-state index in [0.29, 0.717) is 17.9 Å². The van der Waals surface area contributed by atoms with Crippen LogP contribution in [0.25, 0.3) is 0 Å². The monoisotopic (exact) mass is 447 g/mol. The molecular formula is C26H25NO6.